The van der Waals surface area contributed by atoms with E-state index in [1.165, 1.54) is 11.1 Å². The summed E-state index contributed by atoms with van der Waals surface area (Å²) in [5, 5.41) is 4.82. The third kappa shape index (κ3) is 4.84. The summed E-state index contributed by atoms with van der Waals surface area (Å²) in [6.45, 7) is 8.66. The maximum absolute atomic E-state index is 5.50. The third-order valence-electron chi connectivity index (χ3n) is 4.66. The van der Waals surface area contributed by atoms with Gasteiger partial charge in [-0.25, -0.2) is 9.67 Å². The van der Waals surface area contributed by atoms with Crippen molar-refractivity contribution in [2.45, 2.75) is 32.9 Å². The molecule has 0 aliphatic carbocycles. The van der Waals surface area contributed by atoms with Crippen LogP contribution in [-0.2, 0) is 17.7 Å². The standard InChI is InChI=1S/C19H28N4OS/c1-15-5-4-6-17(13-15)14-23-19(20-18(21-23)7-12-25-3)16(2)22-8-10-24-11-9-22/h4-6,13,16H,7-12,14H2,1-3H3/t16-/m0/s1. The van der Waals surface area contributed by atoms with E-state index in [-0.39, 0.29) is 6.04 Å². The van der Waals surface area contributed by atoms with Gasteiger partial charge < -0.3 is 4.74 Å². The monoisotopic (exact) mass is 360 g/mol. The Labute approximate surface area is 154 Å². The molecule has 0 N–H and O–H groups in total. The van der Waals surface area contributed by atoms with Gasteiger partial charge in [-0.15, -0.1) is 0 Å². The second kappa shape index (κ2) is 8.83. The first-order chi connectivity index (χ1) is 12.2. The molecule has 0 bridgehead atoms. The summed E-state index contributed by atoms with van der Waals surface area (Å²) in [5.41, 5.74) is 2.56. The zero-order valence-electron chi connectivity index (χ0n) is 15.4. The van der Waals surface area contributed by atoms with E-state index in [2.05, 4.69) is 54.0 Å². The summed E-state index contributed by atoms with van der Waals surface area (Å²) in [5.74, 6) is 3.08. The molecule has 1 aliphatic heterocycles. The van der Waals surface area contributed by atoms with Gasteiger partial charge in [0.2, 0.25) is 0 Å². The van der Waals surface area contributed by atoms with E-state index in [0.717, 1.165) is 56.7 Å². The van der Waals surface area contributed by atoms with Crippen molar-refractivity contribution < 1.29 is 4.74 Å². The van der Waals surface area contributed by atoms with Crippen LogP contribution in [0.4, 0.5) is 0 Å². The summed E-state index contributed by atoms with van der Waals surface area (Å²) in [4.78, 5) is 7.34. The number of aromatic nitrogens is 3. The second-order valence-corrected chi connectivity index (χ2v) is 7.59. The highest BCUT2D eigenvalue weighted by Crippen LogP contribution is 2.21. The van der Waals surface area contributed by atoms with Crippen LogP contribution in [0.3, 0.4) is 0 Å². The number of rotatable bonds is 7. The van der Waals surface area contributed by atoms with Crippen molar-refractivity contribution in [1.82, 2.24) is 19.7 Å². The summed E-state index contributed by atoms with van der Waals surface area (Å²) >= 11 is 1.84. The molecular weight excluding hydrogens is 332 g/mol. The second-order valence-electron chi connectivity index (χ2n) is 6.60. The molecule has 3 rings (SSSR count). The van der Waals surface area contributed by atoms with Gasteiger partial charge >= 0.3 is 0 Å². The van der Waals surface area contributed by atoms with E-state index in [4.69, 9.17) is 14.8 Å². The van der Waals surface area contributed by atoms with E-state index in [9.17, 15) is 0 Å². The molecule has 5 nitrogen and oxygen atoms in total. The summed E-state index contributed by atoms with van der Waals surface area (Å²) in [6, 6.07) is 8.89. The van der Waals surface area contributed by atoms with Crippen molar-refractivity contribution in [3.05, 3.63) is 47.0 Å². The Hall–Kier alpha value is -1.37. The Kier molecular flexibility index (Phi) is 6.51. The maximum Gasteiger partial charge on any atom is 0.151 e. The molecule has 1 fully saturated rings. The summed E-state index contributed by atoms with van der Waals surface area (Å²) in [7, 11) is 0. The van der Waals surface area contributed by atoms with Crippen molar-refractivity contribution >= 4 is 11.8 Å². The lowest BCUT2D eigenvalue weighted by atomic mass is 10.1. The van der Waals surface area contributed by atoms with Crippen LogP contribution in [0.1, 0.15) is 35.7 Å². The minimum absolute atomic E-state index is 0.254. The predicted molar refractivity (Wildman–Crippen MR) is 103 cm³/mol. The van der Waals surface area contributed by atoms with Crippen LogP contribution >= 0.6 is 11.8 Å². The summed E-state index contributed by atoms with van der Waals surface area (Å²) < 4.78 is 7.60. The molecule has 1 aromatic carbocycles. The number of benzene rings is 1. The molecule has 0 radical (unpaired) electrons. The van der Waals surface area contributed by atoms with Gasteiger partial charge in [-0.05, 0) is 25.7 Å². The fourth-order valence-corrected chi connectivity index (χ4v) is 3.63. The van der Waals surface area contributed by atoms with E-state index in [1.54, 1.807) is 0 Å². The number of hydrogen-bond donors (Lipinski definition) is 0. The molecule has 136 valence electrons. The van der Waals surface area contributed by atoms with Crippen LogP contribution in [0.5, 0.6) is 0 Å². The van der Waals surface area contributed by atoms with Crippen molar-refractivity contribution in [2.75, 3.05) is 38.3 Å². The first-order valence-electron chi connectivity index (χ1n) is 8.97. The highest BCUT2D eigenvalue weighted by molar-refractivity contribution is 7.98. The molecule has 1 aromatic heterocycles. The lowest BCUT2D eigenvalue weighted by molar-refractivity contribution is 0.0174. The fraction of sp³-hybridized carbons (Fsp3) is 0.579. The fourth-order valence-electron chi connectivity index (χ4n) is 3.24. The molecule has 0 unspecified atom stereocenters. The Morgan fingerprint density at radius 1 is 1.28 bits per heavy atom. The molecule has 6 heteroatoms. The zero-order chi connectivity index (χ0) is 17.6. The average Bonchev–Trinajstić information content (AvgIpc) is 3.02. The Bertz CT molecular complexity index is 682. The SMILES string of the molecule is CSCCc1nc([C@H](C)N2CCOCC2)n(Cc2cccc(C)c2)n1. The van der Waals surface area contributed by atoms with Gasteiger partial charge in [0.25, 0.3) is 0 Å². The van der Waals surface area contributed by atoms with Crippen LogP contribution in [0.2, 0.25) is 0 Å². The highest BCUT2D eigenvalue weighted by atomic mass is 32.2. The van der Waals surface area contributed by atoms with Gasteiger partial charge in [-0.2, -0.15) is 16.9 Å². The van der Waals surface area contributed by atoms with Gasteiger partial charge in [0.15, 0.2) is 5.82 Å². The lowest BCUT2D eigenvalue weighted by Gasteiger charge is -2.31. The van der Waals surface area contributed by atoms with Crippen molar-refractivity contribution in [3.63, 3.8) is 0 Å². The van der Waals surface area contributed by atoms with Crippen LogP contribution in [0, 0.1) is 6.92 Å². The van der Waals surface area contributed by atoms with Crippen molar-refractivity contribution in [2.24, 2.45) is 0 Å². The molecule has 25 heavy (non-hydrogen) atoms. The number of aryl methyl sites for hydroxylation is 2. The average molecular weight is 361 g/mol. The zero-order valence-corrected chi connectivity index (χ0v) is 16.3. The molecule has 0 spiro atoms. The predicted octanol–water partition coefficient (Wildman–Crippen LogP) is 2.93. The molecule has 2 aromatic rings. The molecule has 1 aliphatic rings. The molecule has 2 heterocycles. The highest BCUT2D eigenvalue weighted by Gasteiger charge is 2.24. The van der Waals surface area contributed by atoms with Gasteiger partial charge in [-0.3, -0.25) is 4.90 Å². The van der Waals surface area contributed by atoms with Gasteiger partial charge in [0.05, 0.1) is 25.8 Å². The molecule has 0 amide bonds. The van der Waals surface area contributed by atoms with Crippen LogP contribution in [0.15, 0.2) is 24.3 Å². The lowest BCUT2D eigenvalue weighted by Crippen LogP contribution is -2.39. The minimum atomic E-state index is 0.254. The normalized spacial score (nSPS) is 16.9. The number of hydrogen-bond acceptors (Lipinski definition) is 5. The Morgan fingerprint density at radius 2 is 2.08 bits per heavy atom. The minimum Gasteiger partial charge on any atom is -0.379 e. The van der Waals surface area contributed by atoms with Gasteiger partial charge in [-0.1, -0.05) is 29.8 Å². The topological polar surface area (TPSA) is 43.2 Å². The number of ether oxygens (including phenoxy) is 1. The summed E-state index contributed by atoms with van der Waals surface area (Å²) in [6.07, 6.45) is 3.05. The Balaban J connectivity index is 1.84. The number of morpholine rings is 1. The maximum atomic E-state index is 5.50. The largest absolute Gasteiger partial charge is 0.379 e. The molecule has 1 saturated heterocycles. The quantitative estimate of drug-likeness (QED) is 0.759. The van der Waals surface area contributed by atoms with E-state index >= 15 is 0 Å². The van der Waals surface area contributed by atoms with Crippen molar-refractivity contribution in [3.8, 4) is 0 Å². The van der Waals surface area contributed by atoms with Crippen LogP contribution in [-0.4, -0.2) is 58.0 Å². The first-order valence-corrected chi connectivity index (χ1v) is 10.4. The van der Waals surface area contributed by atoms with E-state index < -0.39 is 0 Å². The van der Waals surface area contributed by atoms with Crippen LogP contribution < -0.4 is 0 Å². The first kappa shape index (κ1) is 18.4. The van der Waals surface area contributed by atoms with Gasteiger partial charge in [0, 0.05) is 25.3 Å². The molecule has 0 saturated carbocycles. The smallest absolute Gasteiger partial charge is 0.151 e. The van der Waals surface area contributed by atoms with E-state index in [1.807, 2.05) is 11.8 Å². The number of nitrogens with zero attached hydrogens (tertiary/aromatic N) is 4. The number of thioether (sulfide) groups is 1. The van der Waals surface area contributed by atoms with Crippen LogP contribution in [0.25, 0.3) is 0 Å². The Morgan fingerprint density at radius 3 is 2.80 bits per heavy atom. The van der Waals surface area contributed by atoms with Crippen molar-refractivity contribution in [1.29, 1.82) is 0 Å². The molecular formula is C19H28N4OS. The molecule has 1 atom stereocenters. The third-order valence-corrected chi connectivity index (χ3v) is 5.27. The van der Waals surface area contributed by atoms with Gasteiger partial charge in [0.1, 0.15) is 5.82 Å². The van der Waals surface area contributed by atoms with E-state index in [0.29, 0.717) is 0 Å².